The van der Waals surface area contributed by atoms with E-state index in [0.29, 0.717) is 18.3 Å². The minimum Gasteiger partial charge on any atom is -0.381 e. The van der Waals surface area contributed by atoms with Crippen LogP contribution in [-0.2, 0) is 10.3 Å². The van der Waals surface area contributed by atoms with Crippen molar-refractivity contribution < 1.29 is 9.26 Å². The maximum atomic E-state index is 5.85. The summed E-state index contributed by atoms with van der Waals surface area (Å²) in [5.74, 6) is 1.45. The number of aromatic nitrogens is 2. The van der Waals surface area contributed by atoms with Crippen molar-refractivity contribution in [1.82, 2.24) is 10.1 Å². The Morgan fingerprint density at radius 3 is 2.79 bits per heavy atom. The zero-order chi connectivity index (χ0) is 10.2. The fourth-order valence-electron chi connectivity index (χ4n) is 1.39. The van der Waals surface area contributed by atoms with Crippen LogP contribution in [0.4, 0.5) is 0 Å². The molecule has 2 rings (SSSR count). The number of nitrogens with two attached hydrogens (primary N) is 1. The van der Waals surface area contributed by atoms with Gasteiger partial charge in [-0.3, -0.25) is 0 Å². The van der Waals surface area contributed by atoms with Crippen molar-refractivity contribution in [2.24, 2.45) is 5.73 Å². The van der Waals surface area contributed by atoms with Crippen LogP contribution in [0.15, 0.2) is 4.52 Å². The Bertz CT molecular complexity index is 310. The number of nitrogens with zero attached hydrogens (tertiary/aromatic N) is 2. The Morgan fingerprint density at radius 2 is 2.29 bits per heavy atom. The molecule has 1 aromatic rings. The normalized spacial score (nSPS) is 22.9. The second-order valence-electron chi connectivity index (χ2n) is 4.24. The third-order valence-electron chi connectivity index (χ3n) is 2.30. The first-order valence-electron chi connectivity index (χ1n) is 4.78. The summed E-state index contributed by atoms with van der Waals surface area (Å²) in [6.07, 6.45) is 0.951. The molecule has 1 aromatic heterocycles. The van der Waals surface area contributed by atoms with E-state index in [0.717, 1.165) is 13.0 Å². The van der Waals surface area contributed by atoms with E-state index in [1.807, 2.05) is 13.8 Å². The molecule has 0 bridgehead atoms. The largest absolute Gasteiger partial charge is 0.381 e. The van der Waals surface area contributed by atoms with Gasteiger partial charge in [-0.25, -0.2) is 0 Å². The van der Waals surface area contributed by atoms with Gasteiger partial charge in [0.1, 0.15) is 0 Å². The lowest BCUT2D eigenvalue weighted by Gasteiger charge is -2.11. The Balaban J connectivity index is 2.17. The van der Waals surface area contributed by atoms with Crippen LogP contribution in [-0.4, -0.2) is 23.4 Å². The van der Waals surface area contributed by atoms with Gasteiger partial charge >= 0.3 is 0 Å². The molecule has 0 aliphatic carbocycles. The quantitative estimate of drug-likeness (QED) is 0.757. The fourth-order valence-corrected chi connectivity index (χ4v) is 1.39. The van der Waals surface area contributed by atoms with E-state index in [9.17, 15) is 0 Å². The highest BCUT2D eigenvalue weighted by Gasteiger charge is 2.27. The van der Waals surface area contributed by atoms with Crippen molar-refractivity contribution >= 4 is 0 Å². The minimum absolute atomic E-state index is 0.249. The summed E-state index contributed by atoms with van der Waals surface area (Å²) in [6, 6.07) is 0. The minimum atomic E-state index is -0.540. The summed E-state index contributed by atoms with van der Waals surface area (Å²) < 4.78 is 10.4. The molecule has 0 amide bonds. The van der Waals surface area contributed by atoms with Crippen LogP contribution in [0.3, 0.4) is 0 Å². The summed E-state index contributed by atoms with van der Waals surface area (Å²) in [7, 11) is 0. The summed E-state index contributed by atoms with van der Waals surface area (Å²) in [6.45, 7) is 5.15. The van der Waals surface area contributed by atoms with Crippen molar-refractivity contribution in [3.63, 3.8) is 0 Å². The van der Waals surface area contributed by atoms with E-state index in [4.69, 9.17) is 15.0 Å². The molecular weight excluding hydrogens is 182 g/mol. The molecule has 1 saturated heterocycles. The van der Waals surface area contributed by atoms with Gasteiger partial charge < -0.3 is 15.0 Å². The summed E-state index contributed by atoms with van der Waals surface area (Å²) in [5, 5.41) is 3.87. The monoisotopic (exact) mass is 197 g/mol. The third-order valence-corrected chi connectivity index (χ3v) is 2.30. The molecule has 2 heterocycles. The molecule has 0 radical (unpaired) electrons. The third kappa shape index (κ3) is 1.78. The molecule has 1 aliphatic heterocycles. The topological polar surface area (TPSA) is 74.2 Å². The Hall–Kier alpha value is -0.940. The molecule has 1 aliphatic rings. The van der Waals surface area contributed by atoms with E-state index < -0.39 is 5.54 Å². The van der Waals surface area contributed by atoms with Crippen LogP contribution in [0.5, 0.6) is 0 Å². The van der Waals surface area contributed by atoms with Gasteiger partial charge in [-0.2, -0.15) is 4.98 Å². The fraction of sp³-hybridized carbons (Fsp3) is 0.778. The Labute approximate surface area is 82.6 Å². The van der Waals surface area contributed by atoms with Crippen LogP contribution in [0.2, 0.25) is 0 Å². The van der Waals surface area contributed by atoms with Crippen LogP contribution >= 0.6 is 0 Å². The lowest BCUT2D eigenvalue weighted by atomic mass is 10.1. The summed E-state index contributed by atoms with van der Waals surface area (Å²) in [5.41, 5.74) is 5.31. The standard InChI is InChI=1S/C9H15N3O2/c1-9(2,10)8-11-7(14-12-8)6-3-4-13-5-6/h6H,3-5,10H2,1-2H3. The van der Waals surface area contributed by atoms with Gasteiger partial charge in [0, 0.05) is 6.61 Å². The molecule has 5 heteroatoms. The SMILES string of the molecule is CC(C)(N)c1noc(C2CCOC2)n1. The first-order valence-corrected chi connectivity index (χ1v) is 4.78. The molecule has 1 fully saturated rings. The van der Waals surface area contributed by atoms with Gasteiger partial charge in [-0.05, 0) is 20.3 Å². The number of hydrogen-bond acceptors (Lipinski definition) is 5. The average molecular weight is 197 g/mol. The first-order chi connectivity index (χ1) is 6.57. The lowest BCUT2D eigenvalue weighted by Crippen LogP contribution is -2.30. The molecule has 78 valence electrons. The smallest absolute Gasteiger partial charge is 0.232 e. The second-order valence-corrected chi connectivity index (χ2v) is 4.24. The number of rotatable bonds is 2. The van der Waals surface area contributed by atoms with Crippen molar-refractivity contribution in [2.75, 3.05) is 13.2 Å². The van der Waals surface area contributed by atoms with Crippen molar-refractivity contribution in [2.45, 2.75) is 31.7 Å². The number of ether oxygens (including phenoxy) is 1. The van der Waals surface area contributed by atoms with Crippen LogP contribution in [0.25, 0.3) is 0 Å². The molecule has 1 atom stereocenters. The Kier molecular flexibility index (Phi) is 2.28. The van der Waals surface area contributed by atoms with Gasteiger partial charge in [0.15, 0.2) is 5.82 Å². The summed E-state index contributed by atoms with van der Waals surface area (Å²) >= 11 is 0. The van der Waals surface area contributed by atoms with Gasteiger partial charge in [-0.15, -0.1) is 0 Å². The van der Waals surface area contributed by atoms with Crippen molar-refractivity contribution in [1.29, 1.82) is 0 Å². The van der Waals surface area contributed by atoms with Crippen molar-refractivity contribution in [3.8, 4) is 0 Å². The van der Waals surface area contributed by atoms with E-state index >= 15 is 0 Å². The molecule has 14 heavy (non-hydrogen) atoms. The maximum absolute atomic E-state index is 5.85. The predicted molar refractivity (Wildman–Crippen MR) is 49.7 cm³/mol. The molecular formula is C9H15N3O2. The van der Waals surface area contributed by atoms with Crippen molar-refractivity contribution in [3.05, 3.63) is 11.7 Å². The molecule has 1 unspecified atom stereocenters. The molecule has 5 nitrogen and oxygen atoms in total. The highest BCUT2D eigenvalue weighted by Crippen LogP contribution is 2.25. The first kappa shape index (κ1) is 9.61. The van der Waals surface area contributed by atoms with Crippen LogP contribution in [0.1, 0.15) is 37.9 Å². The average Bonchev–Trinajstić information content (AvgIpc) is 2.73. The maximum Gasteiger partial charge on any atom is 0.232 e. The highest BCUT2D eigenvalue weighted by molar-refractivity contribution is 5.02. The van der Waals surface area contributed by atoms with E-state index in [2.05, 4.69) is 10.1 Å². The van der Waals surface area contributed by atoms with E-state index in [1.54, 1.807) is 0 Å². The summed E-state index contributed by atoms with van der Waals surface area (Å²) in [4.78, 5) is 4.28. The Morgan fingerprint density at radius 1 is 1.50 bits per heavy atom. The van der Waals surface area contributed by atoms with Gasteiger partial charge in [-0.1, -0.05) is 5.16 Å². The van der Waals surface area contributed by atoms with Gasteiger partial charge in [0.05, 0.1) is 18.1 Å². The van der Waals surface area contributed by atoms with Crippen LogP contribution in [0, 0.1) is 0 Å². The molecule has 0 aromatic carbocycles. The van der Waals surface area contributed by atoms with Gasteiger partial charge in [0.2, 0.25) is 5.89 Å². The van der Waals surface area contributed by atoms with Gasteiger partial charge in [0.25, 0.3) is 0 Å². The highest BCUT2D eigenvalue weighted by atomic mass is 16.5. The van der Waals surface area contributed by atoms with E-state index in [1.165, 1.54) is 0 Å². The zero-order valence-electron chi connectivity index (χ0n) is 8.49. The van der Waals surface area contributed by atoms with Crippen LogP contribution < -0.4 is 5.73 Å². The van der Waals surface area contributed by atoms with E-state index in [-0.39, 0.29) is 5.92 Å². The predicted octanol–water partition coefficient (Wildman–Crippen LogP) is 0.767. The molecule has 0 saturated carbocycles. The second kappa shape index (κ2) is 3.33. The zero-order valence-corrected chi connectivity index (χ0v) is 8.49. The number of hydrogen-bond donors (Lipinski definition) is 1. The molecule has 0 spiro atoms. The molecule has 2 N–H and O–H groups in total. The lowest BCUT2D eigenvalue weighted by molar-refractivity contribution is 0.189.